The summed E-state index contributed by atoms with van der Waals surface area (Å²) in [5, 5.41) is 1.92. The summed E-state index contributed by atoms with van der Waals surface area (Å²) in [7, 11) is -2.11. The lowest BCUT2D eigenvalue weighted by Crippen LogP contribution is -2.31. The fourth-order valence-corrected chi connectivity index (χ4v) is 3.93. The van der Waals surface area contributed by atoms with Crippen molar-refractivity contribution in [3.63, 3.8) is 0 Å². The highest BCUT2D eigenvalue weighted by atomic mass is 32.2. The molecule has 1 aliphatic heterocycles. The van der Waals surface area contributed by atoms with Crippen LogP contribution in [0.15, 0.2) is 78.0 Å². The molecule has 8 heteroatoms. The summed E-state index contributed by atoms with van der Waals surface area (Å²) < 4.78 is 39.6. The van der Waals surface area contributed by atoms with E-state index in [-0.39, 0.29) is 10.7 Å². The highest BCUT2D eigenvalue weighted by Gasteiger charge is 2.24. The molecule has 0 saturated carbocycles. The molecule has 3 aromatic rings. The van der Waals surface area contributed by atoms with Gasteiger partial charge in [0.15, 0.2) is 0 Å². The zero-order chi connectivity index (χ0) is 20.4. The molecule has 6 nitrogen and oxygen atoms in total. The van der Waals surface area contributed by atoms with Crippen LogP contribution in [-0.4, -0.2) is 27.0 Å². The first-order chi connectivity index (χ1) is 14.0. The molecule has 1 aromatic heterocycles. The molecule has 0 unspecified atom stereocenters. The van der Waals surface area contributed by atoms with Crippen molar-refractivity contribution in [2.45, 2.75) is 4.90 Å². The lowest BCUT2D eigenvalue weighted by molar-refractivity contribution is 0.588. The Bertz CT molecular complexity index is 1150. The number of hydrazine groups is 1. The number of anilines is 1. The largest absolute Gasteiger partial charge is 0.297 e. The number of nitrogens with one attached hydrogen (secondary N) is 2. The minimum Gasteiger partial charge on any atom is -0.297 e. The first-order valence-corrected chi connectivity index (χ1v) is 10.4. The number of halogens is 1. The third kappa shape index (κ3) is 3.85. The molecule has 29 heavy (non-hydrogen) atoms. The number of hydrogen-bond acceptors (Lipinski definition) is 5. The van der Waals surface area contributed by atoms with Crippen molar-refractivity contribution >= 4 is 27.0 Å². The SMILES string of the molecule is CNS(=O)(=O)c1ccc(N2CC(c3ccncc3)=C(c3ccc(F)cc3)N2)cc1. The second kappa shape index (κ2) is 7.65. The van der Waals surface area contributed by atoms with Gasteiger partial charge in [-0.15, -0.1) is 0 Å². The van der Waals surface area contributed by atoms with Gasteiger partial charge in [0, 0.05) is 18.0 Å². The molecule has 2 aromatic carbocycles. The van der Waals surface area contributed by atoms with Crippen molar-refractivity contribution in [3.8, 4) is 0 Å². The minimum absolute atomic E-state index is 0.198. The van der Waals surface area contributed by atoms with Gasteiger partial charge in [0.05, 0.1) is 22.8 Å². The smallest absolute Gasteiger partial charge is 0.240 e. The Balaban J connectivity index is 1.69. The van der Waals surface area contributed by atoms with Crippen LogP contribution in [0.4, 0.5) is 10.1 Å². The average Bonchev–Trinajstić information content (AvgIpc) is 3.20. The normalized spacial score (nSPS) is 14.2. The Morgan fingerprint density at radius 3 is 2.24 bits per heavy atom. The first-order valence-electron chi connectivity index (χ1n) is 8.95. The molecular formula is C21H19FN4O2S. The molecule has 0 atom stereocenters. The fraction of sp³-hybridized carbons (Fsp3) is 0.0952. The summed E-state index contributed by atoms with van der Waals surface area (Å²) in [6.07, 6.45) is 3.45. The standard InChI is InChI=1S/C21H19FN4O2S/c1-23-29(27,28)19-8-6-18(7-9-19)26-14-20(15-10-12-24-13-11-15)21(25-26)16-2-4-17(22)5-3-16/h2-13,23,25H,14H2,1H3. The number of sulfonamides is 1. The zero-order valence-corrected chi connectivity index (χ0v) is 16.4. The van der Waals surface area contributed by atoms with Gasteiger partial charge >= 0.3 is 0 Å². The molecule has 4 rings (SSSR count). The molecule has 0 aliphatic carbocycles. The van der Waals surface area contributed by atoms with Gasteiger partial charge in [-0.2, -0.15) is 0 Å². The lowest BCUT2D eigenvalue weighted by Gasteiger charge is -2.21. The first kappa shape index (κ1) is 19.1. The van der Waals surface area contributed by atoms with E-state index in [9.17, 15) is 12.8 Å². The van der Waals surface area contributed by atoms with Gasteiger partial charge in [0.25, 0.3) is 0 Å². The maximum Gasteiger partial charge on any atom is 0.240 e. The number of nitrogens with zero attached hydrogens (tertiary/aromatic N) is 2. The molecule has 0 amide bonds. The maximum absolute atomic E-state index is 13.4. The Morgan fingerprint density at radius 1 is 0.966 bits per heavy atom. The van der Waals surface area contributed by atoms with Crippen LogP contribution in [0.3, 0.4) is 0 Å². The van der Waals surface area contributed by atoms with Crippen LogP contribution >= 0.6 is 0 Å². The number of pyridine rings is 1. The maximum atomic E-state index is 13.4. The predicted molar refractivity (Wildman–Crippen MR) is 111 cm³/mol. The van der Waals surface area contributed by atoms with E-state index in [1.807, 2.05) is 17.1 Å². The minimum atomic E-state index is -3.49. The van der Waals surface area contributed by atoms with E-state index in [1.165, 1.54) is 19.2 Å². The van der Waals surface area contributed by atoms with E-state index in [4.69, 9.17) is 0 Å². The number of benzene rings is 2. The second-order valence-electron chi connectivity index (χ2n) is 6.50. The Morgan fingerprint density at radius 2 is 1.62 bits per heavy atom. The van der Waals surface area contributed by atoms with Gasteiger partial charge in [0.2, 0.25) is 10.0 Å². The van der Waals surface area contributed by atoms with E-state index in [2.05, 4.69) is 15.1 Å². The van der Waals surface area contributed by atoms with Crippen LogP contribution in [0.5, 0.6) is 0 Å². The van der Waals surface area contributed by atoms with Gasteiger partial charge in [0.1, 0.15) is 5.82 Å². The van der Waals surface area contributed by atoms with E-state index in [0.717, 1.165) is 28.1 Å². The molecule has 0 radical (unpaired) electrons. The van der Waals surface area contributed by atoms with Crippen molar-refractivity contribution < 1.29 is 12.8 Å². The molecular weight excluding hydrogens is 391 g/mol. The van der Waals surface area contributed by atoms with Gasteiger partial charge in [-0.3, -0.25) is 15.4 Å². The van der Waals surface area contributed by atoms with Crippen LogP contribution in [0.1, 0.15) is 11.1 Å². The van der Waals surface area contributed by atoms with Crippen molar-refractivity contribution in [2.24, 2.45) is 0 Å². The van der Waals surface area contributed by atoms with Crippen LogP contribution in [0, 0.1) is 5.82 Å². The van der Waals surface area contributed by atoms with E-state index in [1.54, 1.807) is 48.8 Å². The van der Waals surface area contributed by atoms with Gasteiger partial charge in [-0.25, -0.2) is 17.5 Å². The Hall–Kier alpha value is -3.23. The molecule has 0 saturated heterocycles. The zero-order valence-electron chi connectivity index (χ0n) is 15.6. The highest BCUT2D eigenvalue weighted by molar-refractivity contribution is 7.89. The third-order valence-corrected chi connectivity index (χ3v) is 6.18. The topological polar surface area (TPSA) is 74.3 Å². The quantitative estimate of drug-likeness (QED) is 0.676. The van der Waals surface area contributed by atoms with E-state index in [0.29, 0.717) is 6.54 Å². The summed E-state index contributed by atoms with van der Waals surface area (Å²) >= 11 is 0. The summed E-state index contributed by atoms with van der Waals surface area (Å²) in [6.45, 7) is 0.550. The Labute approximate surface area is 168 Å². The Kier molecular flexibility index (Phi) is 5.04. The number of rotatable bonds is 5. The molecule has 0 spiro atoms. The second-order valence-corrected chi connectivity index (χ2v) is 8.38. The van der Waals surface area contributed by atoms with Gasteiger partial charge in [-0.05, 0) is 78.8 Å². The molecule has 2 heterocycles. The molecule has 0 fully saturated rings. The van der Waals surface area contributed by atoms with Crippen molar-refractivity contribution in [1.29, 1.82) is 0 Å². The monoisotopic (exact) mass is 410 g/mol. The van der Waals surface area contributed by atoms with Crippen molar-refractivity contribution in [2.75, 3.05) is 18.6 Å². The average molecular weight is 410 g/mol. The summed E-state index contributed by atoms with van der Waals surface area (Å²) in [6, 6.07) is 16.8. The lowest BCUT2D eigenvalue weighted by atomic mass is 10.0. The summed E-state index contributed by atoms with van der Waals surface area (Å²) in [4.78, 5) is 4.27. The van der Waals surface area contributed by atoms with Crippen LogP contribution < -0.4 is 15.2 Å². The van der Waals surface area contributed by atoms with Crippen molar-refractivity contribution in [1.82, 2.24) is 15.1 Å². The number of aromatic nitrogens is 1. The molecule has 0 bridgehead atoms. The van der Waals surface area contributed by atoms with Crippen molar-refractivity contribution in [3.05, 3.63) is 90.0 Å². The highest BCUT2D eigenvalue weighted by Crippen LogP contribution is 2.32. The van der Waals surface area contributed by atoms with Crippen LogP contribution in [0.2, 0.25) is 0 Å². The molecule has 148 valence electrons. The van der Waals surface area contributed by atoms with Crippen LogP contribution in [0.25, 0.3) is 11.3 Å². The van der Waals surface area contributed by atoms with Gasteiger partial charge < -0.3 is 0 Å². The third-order valence-electron chi connectivity index (χ3n) is 4.75. The fourth-order valence-electron chi connectivity index (χ4n) is 3.20. The van der Waals surface area contributed by atoms with Gasteiger partial charge in [-0.1, -0.05) is 0 Å². The summed E-state index contributed by atoms with van der Waals surface area (Å²) in [5.41, 5.74) is 7.94. The van der Waals surface area contributed by atoms with E-state index < -0.39 is 10.0 Å². The number of hydrogen-bond donors (Lipinski definition) is 2. The van der Waals surface area contributed by atoms with Crippen LogP contribution in [-0.2, 0) is 10.0 Å². The molecule has 1 aliphatic rings. The predicted octanol–water partition coefficient (Wildman–Crippen LogP) is 3.02. The van der Waals surface area contributed by atoms with E-state index >= 15 is 0 Å². The molecule has 2 N–H and O–H groups in total. The summed E-state index contributed by atoms with van der Waals surface area (Å²) in [5.74, 6) is -0.295.